The Morgan fingerprint density at radius 3 is 2.80 bits per heavy atom. The van der Waals surface area contributed by atoms with Gasteiger partial charge in [0.15, 0.2) is 0 Å². The minimum absolute atomic E-state index is 0.00341. The van der Waals surface area contributed by atoms with E-state index < -0.39 is 0 Å². The van der Waals surface area contributed by atoms with Crippen molar-refractivity contribution in [3.05, 3.63) is 48.4 Å². The van der Waals surface area contributed by atoms with Crippen LogP contribution >= 0.6 is 0 Å². The Labute approximate surface area is 87.6 Å². The van der Waals surface area contributed by atoms with Gasteiger partial charge in [0.1, 0.15) is 5.82 Å². The maximum Gasteiger partial charge on any atom is 0.148 e. The number of hydrogen-bond donors (Lipinski definition) is 2. The van der Waals surface area contributed by atoms with Crippen molar-refractivity contribution in [3.8, 4) is 0 Å². The van der Waals surface area contributed by atoms with Crippen molar-refractivity contribution in [2.75, 3.05) is 5.32 Å². The largest absolute Gasteiger partial charge is 0.392 e. The molecule has 2 rings (SSSR count). The highest BCUT2D eigenvalue weighted by atomic mass is 16.3. The van der Waals surface area contributed by atoms with Crippen molar-refractivity contribution in [2.24, 2.45) is 0 Å². The minimum Gasteiger partial charge on any atom is -0.392 e. The van der Waals surface area contributed by atoms with Gasteiger partial charge in [0.2, 0.25) is 0 Å². The summed E-state index contributed by atoms with van der Waals surface area (Å²) in [6.45, 7) is 0.00341. The van der Waals surface area contributed by atoms with Crippen molar-refractivity contribution in [1.82, 2.24) is 9.97 Å². The molecule has 2 aromatic rings. The van der Waals surface area contributed by atoms with E-state index in [0.29, 0.717) is 5.82 Å². The second kappa shape index (κ2) is 4.52. The highest BCUT2D eigenvalue weighted by molar-refractivity contribution is 5.59. The standard InChI is InChI=1S/C11H11N3O/c15-8-9-3-1-2-4-10(9)14-11-7-12-5-6-13-11/h1-7,15H,8H2,(H,13,14). The van der Waals surface area contributed by atoms with Crippen LogP contribution in [0.1, 0.15) is 5.56 Å². The van der Waals surface area contributed by atoms with Gasteiger partial charge in [-0.3, -0.25) is 4.98 Å². The summed E-state index contributed by atoms with van der Waals surface area (Å²) in [6.07, 6.45) is 4.86. The average molecular weight is 201 g/mol. The monoisotopic (exact) mass is 201 g/mol. The van der Waals surface area contributed by atoms with Gasteiger partial charge in [0.05, 0.1) is 12.8 Å². The summed E-state index contributed by atoms with van der Waals surface area (Å²) < 4.78 is 0. The lowest BCUT2D eigenvalue weighted by atomic mass is 10.2. The number of nitrogens with one attached hydrogen (secondary N) is 1. The molecular formula is C11H11N3O. The van der Waals surface area contributed by atoms with E-state index in [9.17, 15) is 0 Å². The Hall–Kier alpha value is -1.94. The summed E-state index contributed by atoms with van der Waals surface area (Å²) in [4.78, 5) is 8.04. The topological polar surface area (TPSA) is 58.0 Å². The number of para-hydroxylation sites is 1. The molecule has 2 N–H and O–H groups in total. The molecule has 0 aliphatic rings. The molecule has 0 bridgehead atoms. The Bertz CT molecular complexity index is 431. The molecule has 0 saturated carbocycles. The number of benzene rings is 1. The van der Waals surface area contributed by atoms with Gasteiger partial charge >= 0.3 is 0 Å². The molecule has 0 saturated heterocycles. The first kappa shape index (κ1) is 9.61. The summed E-state index contributed by atoms with van der Waals surface area (Å²) >= 11 is 0. The Morgan fingerprint density at radius 2 is 2.07 bits per heavy atom. The fourth-order valence-electron chi connectivity index (χ4n) is 1.28. The van der Waals surface area contributed by atoms with Gasteiger partial charge in [-0.05, 0) is 6.07 Å². The van der Waals surface area contributed by atoms with E-state index in [0.717, 1.165) is 11.3 Å². The Balaban J connectivity index is 2.24. The zero-order valence-corrected chi connectivity index (χ0v) is 8.09. The van der Waals surface area contributed by atoms with Crippen LogP contribution < -0.4 is 5.32 Å². The molecule has 0 radical (unpaired) electrons. The highest BCUT2D eigenvalue weighted by Crippen LogP contribution is 2.18. The van der Waals surface area contributed by atoms with Crippen molar-refractivity contribution < 1.29 is 5.11 Å². The molecule has 1 aromatic heterocycles. The van der Waals surface area contributed by atoms with Crippen molar-refractivity contribution in [1.29, 1.82) is 0 Å². The first-order valence-electron chi connectivity index (χ1n) is 4.62. The molecule has 0 fully saturated rings. The summed E-state index contributed by atoms with van der Waals surface area (Å²) in [6, 6.07) is 7.53. The van der Waals surface area contributed by atoms with Gasteiger partial charge in [-0.15, -0.1) is 0 Å². The highest BCUT2D eigenvalue weighted by Gasteiger charge is 2.00. The third-order valence-electron chi connectivity index (χ3n) is 2.01. The molecule has 0 atom stereocenters. The molecule has 1 heterocycles. The Morgan fingerprint density at radius 1 is 1.20 bits per heavy atom. The third kappa shape index (κ3) is 2.30. The predicted molar refractivity (Wildman–Crippen MR) is 57.7 cm³/mol. The first-order chi connectivity index (χ1) is 7.40. The fraction of sp³-hybridized carbons (Fsp3) is 0.0909. The van der Waals surface area contributed by atoms with E-state index >= 15 is 0 Å². The number of aromatic nitrogens is 2. The summed E-state index contributed by atoms with van der Waals surface area (Å²) in [5.41, 5.74) is 1.68. The van der Waals surface area contributed by atoms with Gasteiger partial charge in [-0.25, -0.2) is 4.98 Å². The molecule has 0 spiro atoms. The lowest BCUT2D eigenvalue weighted by Gasteiger charge is -2.08. The molecule has 15 heavy (non-hydrogen) atoms. The Kier molecular flexibility index (Phi) is 2.90. The molecule has 4 heteroatoms. The van der Waals surface area contributed by atoms with Crippen molar-refractivity contribution in [3.63, 3.8) is 0 Å². The van der Waals surface area contributed by atoms with E-state index in [-0.39, 0.29) is 6.61 Å². The van der Waals surface area contributed by atoms with E-state index in [1.54, 1.807) is 18.6 Å². The zero-order valence-electron chi connectivity index (χ0n) is 8.09. The third-order valence-corrected chi connectivity index (χ3v) is 2.01. The van der Waals surface area contributed by atoms with Gasteiger partial charge in [-0.2, -0.15) is 0 Å². The summed E-state index contributed by atoms with van der Waals surface area (Å²) in [5.74, 6) is 0.665. The van der Waals surface area contributed by atoms with Crippen LogP contribution in [-0.4, -0.2) is 15.1 Å². The molecule has 0 aliphatic heterocycles. The second-order valence-corrected chi connectivity index (χ2v) is 3.03. The maximum atomic E-state index is 9.12. The zero-order chi connectivity index (χ0) is 10.5. The van der Waals surface area contributed by atoms with Crippen LogP contribution in [0.25, 0.3) is 0 Å². The van der Waals surface area contributed by atoms with Crippen molar-refractivity contribution in [2.45, 2.75) is 6.61 Å². The molecule has 4 nitrogen and oxygen atoms in total. The first-order valence-corrected chi connectivity index (χ1v) is 4.62. The van der Waals surface area contributed by atoms with Crippen LogP contribution in [0.5, 0.6) is 0 Å². The lowest BCUT2D eigenvalue weighted by molar-refractivity contribution is 0.282. The van der Waals surface area contributed by atoms with Gasteiger partial charge in [0, 0.05) is 23.6 Å². The van der Waals surface area contributed by atoms with E-state index in [4.69, 9.17) is 5.11 Å². The number of hydrogen-bond acceptors (Lipinski definition) is 4. The molecular weight excluding hydrogens is 190 g/mol. The average Bonchev–Trinajstić information content (AvgIpc) is 2.31. The minimum atomic E-state index is 0.00341. The van der Waals surface area contributed by atoms with Crippen LogP contribution in [-0.2, 0) is 6.61 Å². The smallest absolute Gasteiger partial charge is 0.148 e. The number of aliphatic hydroxyl groups excluding tert-OH is 1. The SMILES string of the molecule is OCc1ccccc1Nc1cnccn1. The van der Waals surface area contributed by atoms with Crippen LogP contribution in [0.2, 0.25) is 0 Å². The van der Waals surface area contributed by atoms with E-state index in [2.05, 4.69) is 15.3 Å². The normalized spacial score (nSPS) is 9.93. The fourth-order valence-corrected chi connectivity index (χ4v) is 1.28. The van der Waals surface area contributed by atoms with E-state index in [1.807, 2.05) is 24.3 Å². The maximum absolute atomic E-state index is 9.12. The number of anilines is 2. The van der Waals surface area contributed by atoms with Gasteiger partial charge in [-0.1, -0.05) is 18.2 Å². The van der Waals surface area contributed by atoms with Crippen molar-refractivity contribution >= 4 is 11.5 Å². The molecule has 0 aliphatic carbocycles. The summed E-state index contributed by atoms with van der Waals surface area (Å²) in [7, 11) is 0. The second-order valence-electron chi connectivity index (χ2n) is 3.03. The quantitative estimate of drug-likeness (QED) is 0.793. The van der Waals surface area contributed by atoms with Crippen LogP contribution in [0.4, 0.5) is 11.5 Å². The number of nitrogens with zero attached hydrogens (tertiary/aromatic N) is 2. The predicted octanol–water partition coefficient (Wildman–Crippen LogP) is 1.71. The van der Waals surface area contributed by atoms with Crippen LogP contribution in [0.3, 0.4) is 0 Å². The van der Waals surface area contributed by atoms with E-state index in [1.165, 1.54) is 0 Å². The van der Waals surface area contributed by atoms with Gasteiger partial charge < -0.3 is 10.4 Å². The van der Waals surface area contributed by atoms with Gasteiger partial charge in [0.25, 0.3) is 0 Å². The lowest BCUT2D eigenvalue weighted by Crippen LogP contribution is -1.97. The molecule has 1 aromatic carbocycles. The molecule has 0 amide bonds. The number of rotatable bonds is 3. The molecule has 76 valence electrons. The summed E-state index contributed by atoms with van der Waals surface area (Å²) in [5, 5.41) is 12.2. The van der Waals surface area contributed by atoms with Crippen LogP contribution in [0, 0.1) is 0 Å². The number of aliphatic hydroxyl groups is 1. The molecule has 0 unspecified atom stereocenters. The van der Waals surface area contributed by atoms with Crippen LogP contribution in [0.15, 0.2) is 42.9 Å².